The fraction of sp³-hybridized carbons (Fsp3) is 0.636. The van der Waals surface area contributed by atoms with Gasteiger partial charge in [0.1, 0.15) is 0 Å². The van der Waals surface area contributed by atoms with Gasteiger partial charge < -0.3 is 0 Å². The van der Waals surface area contributed by atoms with E-state index in [1.54, 1.807) is 22.3 Å². The predicted octanol–water partition coefficient (Wildman–Crippen LogP) is 6.04. The highest BCUT2D eigenvalue weighted by molar-refractivity contribution is 5.58. The summed E-state index contributed by atoms with van der Waals surface area (Å²) in [5.74, 6) is 6.98. The van der Waals surface area contributed by atoms with E-state index in [1.807, 2.05) is 0 Å². The highest BCUT2D eigenvalue weighted by Crippen LogP contribution is 2.31. The zero-order valence-electron chi connectivity index (χ0n) is 15.7. The van der Waals surface area contributed by atoms with Crippen LogP contribution in [0.25, 0.3) is 0 Å². The van der Waals surface area contributed by atoms with Crippen molar-refractivity contribution < 1.29 is 0 Å². The van der Waals surface area contributed by atoms with Gasteiger partial charge in [0.05, 0.1) is 0 Å². The molecule has 0 N–H and O–H groups in total. The first-order valence-electron chi connectivity index (χ1n) is 9.36. The van der Waals surface area contributed by atoms with Crippen molar-refractivity contribution in [3.8, 4) is 11.8 Å². The van der Waals surface area contributed by atoms with Crippen LogP contribution in [0.2, 0.25) is 0 Å². The molecule has 0 unspecified atom stereocenters. The molecular formula is C22H34. The van der Waals surface area contributed by atoms with Crippen LogP contribution < -0.4 is 0 Å². The van der Waals surface area contributed by atoms with Crippen LogP contribution in [0.1, 0.15) is 94.2 Å². The number of benzene rings is 1. The molecule has 0 heterocycles. The van der Waals surface area contributed by atoms with Gasteiger partial charge in [-0.2, -0.15) is 0 Å². The van der Waals surface area contributed by atoms with Crippen molar-refractivity contribution in [1.29, 1.82) is 0 Å². The van der Waals surface area contributed by atoms with Gasteiger partial charge in [-0.05, 0) is 66.3 Å². The molecule has 0 amide bonds. The minimum absolute atomic E-state index is 1.01. The maximum absolute atomic E-state index is 3.57. The summed E-state index contributed by atoms with van der Waals surface area (Å²) in [5.41, 5.74) is 9.26. The molecule has 122 valence electrons. The Labute approximate surface area is 138 Å². The van der Waals surface area contributed by atoms with Gasteiger partial charge in [-0.1, -0.05) is 59.8 Å². The molecule has 0 nitrogen and oxygen atoms in total. The Kier molecular flexibility index (Phi) is 8.32. The molecule has 0 radical (unpaired) electrons. The Balaban J connectivity index is 3.72. The largest absolute Gasteiger partial charge is 0.0979 e. The molecule has 0 saturated carbocycles. The SMILES string of the molecule is CCCC#Cc1c(CC)c(CC)c(CC)c(CC)c1CCC. The second kappa shape index (κ2) is 9.73. The van der Waals surface area contributed by atoms with E-state index in [-0.39, 0.29) is 0 Å². The van der Waals surface area contributed by atoms with Gasteiger partial charge in [-0.25, -0.2) is 0 Å². The van der Waals surface area contributed by atoms with E-state index < -0.39 is 0 Å². The first-order valence-corrected chi connectivity index (χ1v) is 9.36. The average molecular weight is 299 g/mol. The molecule has 0 bridgehead atoms. The first-order chi connectivity index (χ1) is 10.7. The van der Waals surface area contributed by atoms with Crippen LogP contribution in [0, 0.1) is 11.8 Å². The van der Waals surface area contributed by atoms with E-state index in [1.165, 1.54) is 24.0 Å². The molecule has 0 fully saturated rings. The number of unbranched alkanes of at least 4 members (excludes halogenated alkanes) is 1. The standard InChI is InChI=1S/C22H34/c1-7-13-14-16-22-20(12-6)18(10-4)17(9-3)19(11-5)21(22)15-8-2/h7-13,15H2,1-6H3. The third-order valence-corrected chi connectivity index (χ3v) is 4.56. The van der Waals surface area contributed by atoms with Crippen LogP contribution in [-0.2, 0) is 32.1 Å². The smallest absolute Gasteiger partial charge is 0.0314 e. The fourth-order valence-electron chi connectivity index (χ4n) is 3.65. The van der Waals surface area contributed by atoms with Gasteiger partial charge >= 0.3 is 0 Å². The summed E-state index contributed by atoms with van der Waals surface area (Å²) in [4.78, 5) is 0. The van der Waals surface area contributed by atoms with Crippen LogP contribution in [-0.4, -0.2) is 0 Å². The van der Waals surface area contributed by atoms with Crippen molar-refractivity contribution in [2.75, 3.05) is 0 Å². The Morgan fingerprint density at radius 3 is 1.55 bits per heavy atom. The number of hydrogen-bond acceptors (Lipinski definition) is 0. The lowest BCUT2D eigenvalue weighted by Gasteiger charge is -2.23. The van der Waals surface area contributed by atoms with Crippen molar-refractivity contribution in [2.45, 2.75) is 92.9 Å². The van der Waals surface area contributed by atoms with E-state index in [0.29, 0.717) is 0 Å². The van der Waals surface area contributed by atoms with Crippen LogP contribution in [0.5, 0.6) is 0 Å². The molecule has 0 saturated heterocycles. The summed E-state index contributed by atoms with van der Waals surface area (Å²) in [6.07, 6.45) is 9.05. The van der Waals surface area contributed by atoms with Crippen LogP contribution in [0.15, 0.2) is 0 Å². The van der Waals surface area contributed by atoms with Crippen molar-refractivity contribution in [2.24, 2.45) is 0 Å². The molecule has 0 heteroatoms. The van der Waals surface area contributed by atoms with Crippen LogP contribution >= 0.6 is 0 Å². The van der Waals surface area contributed by atoms with Crippen molar-refractivity contribution in [3.05, 3.63) is 33.4 Å². The molecular weight excluding hydrogens is 264 g/mol. The van der Waals surface area contributed by atoms with E-state index in [4.69, 9.17) is 0 Å². The first kappa shape index (κ1) is 18.8. The lowest BCUT2D eigenvalue weighted by atomic mass is 9.81. The Morgan fingerprint density at radius 2 is 1.09 bits per heavy atom. The van der Waals surface area contributed by atoms with Gasteiger partial charge in [0.2, 0.25) is 0 Å². The Hall–Kier alpha value is -1.22. The lowest BCUT2D eigenvalue weighted by molar-refractivity contribution is 0.859. The van der Waals surface area contributed by atoms with Crippen LogP contribution in [0.3, 0.4) is 0 Å². The number of hydrogen-bond donors (Lipinski definition) is 0. The number of rotatable bonds is 7. The second-order valence-corrected chi connectivity index (χ2v) is 5.98. The molecule has 1 aromatic rings. The zero-order chi connectivity index (χ0) is 16.5. The lowest BCUT2D eigenvalue weighted by Crippen LogP contribution is -2.11. The topological polar surface area (TPSA) is 0 Å². The Morgan fingerprint density at radius 1 is 0.591 bits per heavy atom. The molecule has 22 heavy (non-hydrogen) atoms. The van der Waals surface area contributed by atoms with Crippen LogP contribution in [0.4, 0.5) is 0 Å². The summed E-state index contributed by atoms with van der Waals surface area (Å²) >= 11 is 0. The van der Waals surface area contributed by atoms with Gasteiger partial charge in [0.25, 0.3) is 0 Å². The minimum atomic E-state index is 1.01. The van der Waals surface area contributed by atoms with E-state index in [0.717, 1.165) is 38.5 Å². The van der Waals surface area contributed by atoms with Crippen molar-refractivity contribution in [3.63, 3.8) is 0 Å². The molecule has 0 aliphatic carbocycles. The summed E-state index contributed by atoms with van der Waals surface area (Å²) in [6.45, 7) is 13.7. The maximum Gasteiger partial charge on any atom is 0.0314 e. The summed E-state index contributed by atoms with van der Waals surface area (Å²) in [6, 6.07) is 0. The average Bonchev–Trinajstić information content (AvgIpc) is 2.54. The second-order valence-electron chi connectivity index (χ2n) is 5.98. The van der Waals surface area contributed by atoms with Gasteiger partial charge in [-0.15, -0.1) is 0 Å². The third kappa shape index (κ3) is 3.95. The fourth-order valence-corrected chi connectivity index (χ4v) is 3.65. The maximum atomic E-state index is 3.57. The summed E-state index contributed by atoms with van der Waals surface area (Å²) in [5, 5.41) is 0. The summed E-state index contributed by atoms with van der Waals surface area (Å²) in [7, 11) is 0. The molecule has 0 aliphatic rings. The third-order valence-electron chi connectivity index (χ3n) is 4.56. The van der Waals surface area contributed by atoms with Crippen molar-refractivity contribution >= 4 is 0 Å². The van der Waals surface area contributed by atoms with Gasteiger partial charge in [0, 0.05) is 12.0 Å². The molecule has 1 rings (SSSR count). The molecule has 0 spiro atoms. The van der Waals surface area contributed by atoms with E-state index >= 15 is 0 Å². The molecule has 0 aliphatic heterocycles. The zero-order valence-corrected chi connectivity index (χ0v) is 15.7. The monoisotopic (exact) mass is 298 g/mol. The molecule has 0 aromatic heterocycles. The highest BCUT2D eigenvalue weighted by atomic mass is 14.2. The van der Waals surface area contributed by atoms with E-state index in [9.17, 15) is 0 Å². The quantitative estimate of drug-likeness (QED) is 0.538. The Bertz CT molecular complexity index is 538. The molecule has 0 atom stereocenters. The predicted molar refractivity (Wildman–Crippen MR) is 99.7 cm³/mol. The normalized spacial score (nSPS) is 10.5. The molecule has 1 aromatic carbocycles. The van der Waals surface area contributed by atoms with Gasteiger partial charge in [-0.3, -0.25) is 0 Å². The minimum Gasteiger partial charge on any atom is -0.0979 e. The highest BCUT2D eigenvalue weighted by Gasteiger charge is 2.18. The van der Waals surface area contributed by atoms with E-state index in [2.05, 4.69) is 53.4 Å². The van der Waals surface area contributed by atoms with Gasteiger partial charge in [0.15, 0.2) is 0 Å². The summed E-state index contributed by atoms with van der Waals surface area (Å²) < 4.78 is 0. The van der Waals surface area contributed by atoms with Crippen molar-refractivity contribution in [1.82, 2.24) is 0 Å².